The van der Waals surface area contributed by atoms with Gasteiger partial charge in [-0.05, 0) is 40.0 Å². The monoisotopic (exact) mass is 228 g/mol. The van der Waals surface area contributed by atoms with Crippen molar-refractivity contribution in [3.8, 4) is 0 Å². The molecule has 4 nitrogen and oxygen atoms in total. The van der Waals surface area contributed by atoms with Gasteiger partial charge in [-0.15, -0.1) is 0 Å². The molecule has 0 bridgehead atoms. The van der Waals surface area contributed by atoms with Crippen molar-refractivity contribution < 1.29 is 9.90 Å². The zero-order chi connectivity index (χ0) is 12.3. The number of nitrogens with two attached hydrogens (primary N) is 1. The first-order valence-electron chi connectivity index (χ1n) is 6.12. The molecule has 1 unspecified atom stereocenters. The smallest absolute Gasteiger partial charge is 0.323 e. The number of carboxylic acid groups (broad SMARTS) is 1. The largest absolute Gasteiger partial charge is 0.480 e. The summed E-state index contributed by atoms with van der Waals surface area (Å²) in [7, 11) is 0. The van der Waals surface area contributed by atoms with E-state index >= 15 is 0 Å². The molecule has 1 rings (SSSR count). The molecular weight excluding hydrogens is 204 g/mol. The summed E-state index contributed by atoms with van der Waals surface area (Å²) in [4.78, 5) is 13.3. The minimum absolute atomic E-state index is 0.511. The van der Waals surface area contributed by atoms with E-state index in [2.05, 4.69) is 18.7 Å². The SMILES string of the molecule is C[C@@H]1CCC[C@H](C)N1CCC(C)(N)C(=O)O. The molecule has 1 heterocycles. The molecule has 1 aliphatic rings. The zero-order valence-corrected chi connectivity index (χ0v) is 10.6. The summed E-state index contributed by atoms with van der Waals surface area (Å²) in [6.07, 6.45) is 4.20. The van der Waals surface area contributed by atoms with Crippen molar-refractivity contribution in [2.45, 2.75) is 64.1 Å². The molecule has 0 aliphatic carbocycles. The molecule has 0 amide bonds. The molecular formula is C12H24N2O2. The molecule has 1 fully saturated rings. The fraction of sp³-hybridized carbons (Fsp3) is 0.917. The van der Waals surface area contributed by atoms with Gasteiger partial charge in [0.15, 0.2) is 0 Å². The molecule has 1 aliphatic heterocycles. The van der Waals surface area contributed by atoms with Crippen LogP contribution in [0.25, 0.3) is 0 Å². The lowest BCUT2D eigenvalue weighted by Gasteiger charge is -2.40. The molecule has 94 valence electrons. The van der Waals surface area contributed by atoms with E-state index in [-0.39, 0.29) is 0 Å². The third kappa shape index (κ3) is 3.19. The van der Waals surface area contributed by atoms with Gasteiger partial charge >= 0.3 is 5.97 Å². The highest BCUT2D eigenvalue weighted by atomic mass is 16.4. The Balaban J connectivity index is 2.50. The van der Waals surface area contributed by atoms with Gasteiger partial charge in [-0.1, -0.05) is 6.42 Å². The molecule has 4 heteroatoms. The topological polar surface area (TPSA) is 66.6 Å². The van der Waals surface area contributed by atoms with Crippen LogP contribution in [0.15, 0.2) is 0 Å². The second-order valence-corrected chi connectivity index (χ2v) is 5.34. The normalized spacial score (nSPS) is 31.0. The van der Waals surface area contributed by atoms with Crippen LogP contribution in [-0.4, -0.2) is 40.1 Å². The van der Waals surface area contributed by atoms with Gasteiger partial charge in [0, 0.05) is 18.6 Å². The van der Waals surface area contributed by atoms with Crippen LogP contribution in [-0.2, 0) is 4.79 Å². The summed E-state index contributed by atoms with van der Waals surface area (Å²) in [5, 5.41) is 8.96. The van der Waals surface area contributed by atoms with E-state index in [1.165, 1.54) is 19.3 Å². The summed E-state index contributed by atoms with van der Waals surface area (Å²) < 4.78 is 0. The first-order chi connectivity index (χ1) is 7.34. The lowest BCUT2D eigenvalue weighted by molar-refractivity contribution is -0.143. The predicted octanol–water partition coefficient (Wildman–Crippen LogP) is 1.44. The van der Waals surface area contributed by atoms with Crippen LogP contribution in [0.4, 0.5) is 0 Å². The second kappa shape index (κ2) is 5.15. The van der Waals surface area contributed by atoms with Crippen LogP contribution in [0.3, 0.4) is 0 Å². The van der Waals surface area contributed by atoms with Gasteiger partial charge < -0.3 is 10.8 Å². The Kier molecular flexibility index (Phi) is 4.33. The highest BCUT2D eigenvalue weighted by Gasteiger charge is 2.31. The molecule has 3 atom stereocenters. The van der Waals surface area contributed by atoms with Crippen molar-refractivity contribution >= 4 is 5.97 Å². The van der Waals surface area contributed by atoms with E-state index in [9.17, 15) is 4.79 Å². The maximum absolute atomic E-state index is 10.9. The number of piperidine rings is 1. The van der Waals surface area contributed by atoms with E-state index in [0.717, 1.165) is 6.54 Å². The molecule has 1 saturated heterocycles. The Labute approximate surface area is 97.8 Å². The van der Waals surface area contributed by atoms with Gasteiger partial charge in [0.25, 0.3) is 0 Å². The third-order valence-corrected chi connectivity index (χ3v) is 3.75. The molecule has 0 aromatic heterocycles. The fourth-order valence-electron chi connectivity index (χ4n) is 2.38. The number of carbonyl (C=O) groups is 1. The Morgan fingerprint density at radius 1 is 1.44 bits per heavy atom. The predicted molar refractivity (Wildman–Crippen MR) is 64.3 cm³/mol. The Hall–Kier alpha value is -0.610. The van der Waals surface area contributed by atoms with Crippen LogP contribution in [0.2, 0.25) is 0 Å². The van der Waals surface area contributed by atoms with Gasteiger partial charge in [0.1, 0.15) is 5.54 Å². The van der Waals surface area contributed by atoms with Crippen LogP contribution in [0.1, 0.15) is 46.5 Å². The van der Waals surface area contributed by atoms with Gasteiger partial charge in [-0.25, -0.2) is 0 Å². The Morgan fingerprint density at radius 3 is 2.38 bits per heavy atom. The average Bonchev–Trinajstić information content (AvgIpc) is 2.16. The van der Waals surface area contributed by atoms with Crippen molar-refractivity contribution in [3.63, 3.8) is 0 Å². The standard InChI is InChI=1S/C12H24N2O2/c1-9-5-4-6-10(2)14(9)8-7-12(3,13)11(15)16/h9-10H,4-8,13H2,1-3H3,(H,15,16)/t9-,10+,12?. The van der Waals surface area contributed by atoms with Crippen molar-refractivity contribution in [2.75, 3.05) is 6.54 Å². The zero-order valence-electron chi connectivity index (χ0n) is 10.6. The van der Waals surface area contributed by atoms with E-state index in [0.29, 0.717) is 18.5 Å². The van der Waals surface area contributed by atoms with Crippen molar-refractivity contribution in [1.29, 1.82) is 0 Å². The maximum atomic E-state index is 10.9. The van der Waals surface area contributed by atoms with Crippen LogP contribution in [0, 0.1) is 0 Å². The molecule has 3 N–H and O–H groups in total. The number of likely N-dealkylation sites (tertiary alicyclic amines) is 1. The number of hydrogen-bond donors (Lipinski definition) is 2. The van der Waals surface area contributed by atoms with E-state index in [1.54, 1.807) is 6.92 Å². The average molecular weight is 228 g/mol. The fourth-order valence-corrected chi connectivity index (χ4v) is 2.38. The summed E-state index contributed by atoms with van der Waals surface area (Å²) >= 11 is 0. The summed E-state index contributed by atoms with van der Waals surface area (Å²) in [5.74, 6) is -0.912. The molecule has 0 aromatic rings. The minimum Gasteiger partial charge on any atom is -0.480 e. The van der Waals surface area contributed by atoms with E-state index in [4.69, 9.17) is 10.8 Å². The Bertz CT molecular complexity index is 243. The van der Waals surface area contributed by atoms with Crippen molar-refractivity contribution in [2.24, 2.45) is 5.73 Å². The summed E-state index contributed by atoms with van der Waals surface area (Å²) in [6.45, 7) is 6.80. The number of carboxylic acids is 1. The second-order valence-electron chi connectivity index (χ2n) is 5.34. The van der Waals surface area contributed by atoms with Gasteiger partial charge in [0.2, 0.25) is 0 Å². The lowest BCUT2D eigenvalue weighted by atomic mass is 9.94. The molecule has 0 aromatic carbocycles. The number of aliphatic carboxylic acids is 1. The minimum atomic E-state index is -1.10. The van der Waals surface area contributed by atoms with Crippen LogP contribution < -0.4 is 5.73 Å². The number of rotatable bonds is 4. The molecule has 0 saturated carbocycles. The quantitative estimate of drug-likeness (QED) is 0.764. The van der Waals surface area contributed by atoms with Gasteiger partial charge in [-0.3, -0.25) is 9.69 Å². The highest BCUT2D eigenvalue weighted by Crippen LogP contribution is 2.23. The van der Waals surface area contributed by atoms with Crippen molar-refractivity contribution in [1.82, 2.24) is 4.90 Å². The van der Waals surface area contributed by atoms with Gasteiger partial charge in [0.05, 0.1) is 0 Å². The molecule has 0 radical (unpaired) electrons. The third-order valence-electron chi connectivity index (χ3n) is 3.75. The maximum Gasteiger partial charge on any atom is 0.323 e. The molecule has 0 spiro atoms. The highest BCUT2D eigenvalue weighted by molar-refractivity contribution is 5.77. The van der Waals surface area contributed by atoms with Crippen LogP contribution >= 0.6 is 0 Å². The first kappa shape index (κ1) is 13.5. The van der Waals surface area contributed by atoms with Crippen LogP contribution in [0.5, 0.6) is 0 Å². The summed E-state index contributed by atoms with van der Waals surface area (Å²) in [6, 6.07) is 1.10. The van der Waals surface area contributed by atoms with E-state index in [1.807, 2.05) is 0 Å². The number of hydrogen-bond acceptors (Lipinski definition) is 3. The molecule has 16 heavy (non-hydrogen) atoms. The lowest BCUT2D eigenvalue weighted by Crippen LogP contribution is -2.51. The first-order valence-corrected chi connectivity index (χ1v) is 6.12. The number of nitrogens with zero attached hydrogens (tertiary/aromatic N) is 1. The Morgan fingerprint density at radius 2 is 1.94 bits per heavy atom. The summed E-state index contributed by atoms with van der Waals surface area (Å²) in [5.41, 5.74) is 4.64. The van der Waals surface area contributed by atoms with Gasteiger partial charge in [-0.2, -0.15) is 0 Å². The van der Waals surface area contributed by atoms with E-state index < -0.39 is 11.5 Å². The van der Waals surface area contributed by atoms with Crippen molar-refractivity contribution in [3.05, 3.63) is 0 Å².